The van der Waals surface area contributed by atoms with Crippen molar-refractivity contribution in [1.82, 2.24) is 5.32 Å². The van der Waals surface area contributed by atoms with E-state index in [2.05, 4.69) is 5.32 Å². The van der Waals surface area contributed by atoms with E-state index in [4.69, 9.17) is 0 Å². The maximum Gasteiger partial charge on any atom is -0.00125 e. The van der Waals surface area contributed by atoms with Gasteiger partial charge in [0.15, 0.2) is 0 Å². The zero-order valence-electron chi connectivity index (χ0n) is 12.5. The summed E-state index contributed by atoms with van der Waals surface area (Å²) < 4.78 is 0. The molecule has 1 heteroatoms. The number of hydrogen-bond donors (Lipinski definition) is 1. The van der Waals surface area contributed by atoms with Gasteiger partial charge in [-0.25, -0.2) is 0 Å². The monoisotopic (exact) mass is 261 g/mol. The molecule has 1 aliphatic heterocycles. The lowest BCUT2D eigenvalue weighted by atomic mass is 9.56. The van der Waals surface area contributed by atoms with Crippen LogP contribution in [0.1, 0.15) is 70.6 Å². The Labute approximate surface area is 118 Å². The van der Waals surface area contributed by atoms with Crippen molar-refractivity contribution in [2.75, 3.05) is 13.1 Å². The summed E-state index contributed by atoms with van der Waals surface area (Å²) in [4.78, 5) is 0. The van der Waals surface area contributed by atoms with Crippen molar-refractivity contribution >= 4 is 0 Å². The van der Waals surface area contributed by atoms with Crippen LogP contribution >= 0.6 is 0 Å². The standard InChI is InChI=1S/C18H31N/c1-2-5-15(4-1)17-13-19-11-10-18(17)9-3-6-16(12-18)14-7-8-14/h14-17,19H,1-13H2. The molecule has 1 heterocycles. The van der Waals surface area contributed by atoms with Crippen LogP contribution in [0.15, 0.2) is 0 Å². The lowest BCUT2D eigenvalue weighted by Crippen LogP contribution is -2.50. The second kappa shape index (κ2) is 5.06. The first-order valence-corrected chi connectivity index (χ1v) is 9.08. The van der Waals surface area contributed by atoms with Crippen LogP contribution in [0.4, 0.5) is 0 Å². The fraction of sp³-hybridized carbons (Fsp3) is 1.00. The molecule has 3 saturated carbocycles. The van der Waals surface area contributed by atoms with Crippen LogP contribution in [0.5, 0.6) is 0 Å². The fourth-order valence-electron chi connectivity index (χ4n) is 6.00. The fourth-order valence-corrected chi connectivity index (χ4v) is 6.00. The van der Waals surface area contributed by atoms with Crippen LogP contribution in [0, 0.1) is 29.1 Å². The predicted molar refractivity (Wildman–Crippen MR) is 80.0 cm³/mol. The van der Waals surface area contributed by atoms with Crippen molar-refractivity contribution in [3.63, 3.8) is 0 Å². The van der Waals surface area contributed by atoms with Gasteiger partial charge in [-0.1, -0.05) is 38.5 Å². The molecule has 1 spiro atoms. The molecule has 0 aromatic rings. The number of piperidine rings is 1. The van der Waals surface area contributed by atoms with Crippen LogP contribution in [-0.4, -0.2) is 13.1 Å². The van der Waals surface area contributed by atoms with Gasteiger partial charge in [-0.15, -0.1) is 0 Å². The summed E-state index contributed by atoms with van der Waals surface area (Å²) in [5, 5.41) is 3.74. The molecule has 0 amide bonds. The Morgan fingerprint density at radius 2 is 1.53 bits per heavy atom. The van der Waals surface area contributed by atoms with Gasteiger partial charge in [0.05, 0.1) is 0 Å². The molecule has 3 aliphatic carbocycles. The first-order chi connectivity index (χ1) is 9.37. The van der Waals surface area contributed by atoms with Gasteiger partial charge >= 0.3 is 0 Å². The number of nitrogens with one attached hydrogen (secondary N) is 1. The second-order valence-corrected chi connectivity index (χ2v) is 8.16. The van der Waals surface area contributed by atoms with Gasteiger partial charge in [-0.05, 0) is 74.3 Å². The molecule has 0 radical (unpaired) electrons. The van der Waals surface area contributed by atoms with E-state index in [0.29, 0.717) is 0 Å². The van der Waals surface area contributed by atoms with Gasteiger partial charge in [-0.3, -0.25) is 0 Å². The van der Waals surface area contributed by atoms with Crippen LogP contribution in [0.3, 0.4) is 0 Å². The van der Waals surface area contributed by atoms with E-state index in [1.165, 1.54) is 32.4 Å². The maximum absolute atomic E-state index is 3.74. The van der Waals surface area contributed by atoms with Crippen molar-refractivity contribution in [3.8, 4) is 0 Å². The van der Waals surface area contributed by atoms with Crippen LogP contribution in [0.2, 0.25) is 0 Å². The highest BCUT2D eigenvalue weighted by Crippen LogP contribution is 2.57. The molecule has 1 nitrogen and oxygen atoms in total. The van der Waals surface area contributed by atoms with Crippen molar-refractivity contribution in [1.29, 1.82) is 0 Å². The molecule has 0 aromatic heterocycles. The molecular formula is C18H31N. The minimum absolute atomic E-state index is 0.770. The summed E-state index contributed by atoms with van der Waals surface area (Å²) in [6, 6.07) is 0. The quantitative estimate of drug-likeness (QED) is 0.778. The lowest BCUT2D eigenvalue weighted by Gasteiger charge is -2.52. The largest absolute Gasteiger partial charge is 0.316 e. The SMILES string of the molecule is C1CCC(C2CNCCC23CCCC(C2CC2)C3)C1. The first kappa shape index (κ1) is 12.7. The normalized spacial score (nSPS) is 44.8. The van der Waals surface area contributed by atoms with Crippen LogP contribution in [-0.2, 0) is 0 Å². The summed E-state index contributed by atoms with van der Waals surface area (Å²) in [7, 11) is 0. The highest BCUT2D eigenvalue weighted by molar-refractivity contribution is 5.00. The molecule has 1 saturated heterocycles. The molecular weight excluding hydrogens is 230 g/mol. The average Bonchev–Trinajstić information content (AvgIpc) is 3.16. The molecule has 4 rings (SSSR count). The highest BCUT2D eigenvalue weighted by atomic mass is 14.9. The van der Waals surface area contributed by atoms with Crippen LogP contribution in [0.25, 0.3) is 0 Å². The van der Waals surface area contributed by atoms with E-state index < -0.39 is 0 Å². The smallest absolute Gasteiger partial charge is 0.00125 e. The third kappa shape index (κ3) is 2.37. The van der Waals surface area contributed by atoms with E-state index in [-0.39, 0.29) is 0 Å². The van der Waals surface area contributed by atoms with E-state index >= 15 is 0 Å². The molecule has 0 bridgehead atoms. The predicted octanol–water partition coefficient (Wildman–Crippen LogP) is 4.37. The zero-order valence-corrected chi connectivity index (χ0v) is 12.5. The van der Waals surface area contributed by atoms with Gasteiger partial charge < -0.3 is 5.32 Å². The Kier molecular flexibility index (Phi) is 3.38. The van der Waals surface area contributed by atoms with Crippen molar-refractivity contribution in [2.45, 2.75) is 70.6 Å². The summed E-state index contributed by atoms with van der Waals surface area (Å²) in [5.74, 6) is 4.38. The van der Waals surface area contributed by atoms with Crippen LogP contribution < -0.4 is 5.32 Å². The molecule has 1 N–H and O–H groups in total. The minimum Gasteiger partial charge on any atom is -0.316 e. The summed E-state index contributed by atoms with van der Waals surface area (Å²) in [6.07, 6.45) is 17.0. The Morgan fingerprint density at radius 3 is 2.32 bits per heavy atom. The Balaban J connectivity index is 1.53. The van der Waals surface area contributed by atoms with Gasteiger partial charge in [0.1, 0.15) is 0 Å². The van der Waals surface area contributed by atoms with Gasteiger partial charge in [0.2, 0.25) is 0 Å². The molecule has 3 atom stereocenters. The van der Waals surface area contributed by atoms with Crippen molar-refractivity contribution in [2.24, 2.45) is 29.1 Å². The zero-order chi connectivity index (χ0) is 12.7. The topological polar surface area (TPSA) is 12.0 Å². The molecule has 3 unspecified atom stereocenters. The van der Waals surface area contributed by atoms with Crippen molar-refractivity contribution < 1.29 is 0 Å². The summed E-state index contributed by atoms with van der Waals surface area (Å²) in [6.45, 7) is 2.66. The molecule has 4 fully saturated rings. The first-order valence-electron chi connectivity index (χ1n) is 9.08. The molecule has 4 aliphatic rings. The third-order valence-electron chi connectivity index (χ3n) is 7.13. The Morgan fingerprint density at radius 1 is 0.737 bits per heavy atom. The second-order valence-electron chi connectivity index (χ2n) is 8.16. The molecule has 108 valence electrons. The number of rotatable bonds is 2. The van der Waals surface area contributed by atoms with Crippen molar-refractivity contribution in [3.05, 3.63) is 0 Å². The highest BCUT2D eigenvalue weighted by Gasteiger charge is 2.49. The third-order valence-corrected chi connectivity index (χ3v) is 7.13. The molecule has 0 aromatic carbocycles. The van der Waals surface area contributed by atoms with E-state index in [9.17, 15) is 0 Å². The number of hydrogen-bond acceptors (Lipinski definition) is 1. The molecule has 19 heavy (non-hydrogen) atoms. The maximum atomic E-state index is 3.74. The Hall–Kier alpha value is -0.0400. The minimum atomic E-state index is 0.770. The van der Waals surface area contributed by atoms with E-state index in [1.807, 2.05) is 0 Å². The summed E-state index contributed by atoms with van der Waals surface area (Å²) in [5.41, 5.74) is 0.770. The van der Waals surface area contributed by atoms with E-state index in [0.717, 1.165) is 29.1 Å². The van der Waals surface area contributed by atoms with E-state index in [1.54, 1.807) is 51.4 Å². The van der Waals surface area contributed by atoms with Gasteiger partial charge in [0.25, 0.3) is 0 Å². The average molecular weight is 261 g/mol. The lowest BCUT2D eigenvalue weighted by molar-refractivity contribution is -0.00264. The Bertz CT molecular complexity index is 312. The van der Waals surface area contributed by atoms with Gasteiger partial charge in [-0.2, -0.15) is 0 Å². The van der Waals surface area contributed by atoms with Gasteiger partial charge in [0, 0.05) is 0 Å². The summed E-state index contributed by atoms with van der Waals surface area (Å²) >= 11 is 0.